The second-order valence-corrected chi connectivity index (χ2v) is 6.95. The molecule has 3 rings (SSSR count). The molecule has 6 heteroatoms. The normalized spacial score (nSPS) is 10.8. The first kappa shape index (κ1) is 16.0. The van der Waals surface area contributed by atoms with E-state index in [1.807, 2.05) is 48.5 Å². The van der Waals surface area contributed by atoms with Crippen LogP contribution < -0.4 is 5.32 Å². The summed E-state index contributed by atoms with van der Waals surface area (Å²) in [6.07, 6.45) is 0. The average molecular weight is 344 g/mol. The van der Waals surface area contributed by atoms with Crippen molar-refractivity contribution in [2.75, 3.05) is 24.8 Å². The molecule has 4 nitrogen and oxygen atoms in total. The Morgan fingerprint density at radius 2 is 2.00 bits per heavy atom. The molecule has 23 heavy (non-hydrogen) atoms. The molecule has 2 aromatic carbocycles. The number of anilines is 1. The standard InChI is InChI=1S/C17H16N2O2S2/c1-21-10-11-22-14-8-4-2-6-12(14)16(20)19-17-18-13-7-3-5-9-15(13)23-17/h2-9H,10-11H2,1H3,(H,18,19,20). The maximum absolute atomic E-state index is 12.6. The molecule has 0 unspecified atom stereocenters. The number of carbonyl (C=O) groups is 1. The Balaban J connectivity index is 1.77. The molecule has 0 radical (unpaired) electrons. The number of fused-ring (bicyclic) bond motifs is 1. The monoisotopic (exact) mass is 344 g/mol. The molecule has 0 saturated heterocycles. The number of para-hydroxylation sites is 1. The lowest BCUT2D eigenvalue weighted by Crippen LogP contribution is -2.12. The molecule has 0 bridgehead atoms. The van der Waals surface area contributed by atoms with Crippen molar-refractivity contribution in [2.24, 2.45) is 0 Å². The summed E-state index contributed by atoms with van der Waals surface area (Å²) in [5, 5.41) is 3.52. The van der Waals surface area contributed by atoms with Crippen molar-refractivity contribution >= 4 is 44.4 Å². The zero-order valence-electron chi connectivity index (χ0n) is 12.6. The first-order chi connectivity index (χ1) is 11.3. The van der Waals surface area contributed by atoms with Gasteiger partial charge < -0.3 is 4.74 Å². The molecule has 0 aliphatic carbocycles. The minimum Gasteiger partial charge on any atom is -0.384 e. The molecule has 0 atom stereocenters. The second-order valence-electron chi connectivity index (χ2n) is 4.78. The molecule has 1 amide bonds. The zero-order valence-corrected chi connectivity index (χ0v) is 14.2. The largest absolute Gasteiger partial charge is 0.384 e. The van der Waals surface area contributed by atoms with Crippen molar-refractivity contribution in [1.29, 1.82) is 0 Å². The Morgan fingerprint density at radius 3 is 2.83 bits per heavy atom. The number of benzene rings is 2. The molecule has 0 spiro atoms. The predicted molar refractivity (Wildman–Crippen MR) is 96.6 cm³/mol. The highest BCUT2D eigenvalue weighted by Crippen LogP contribution is 2.27. The number of hydrogen-bond donors (Lipinski definition) is 1. The maximum atomic E-state index is 12.6. The number of aromatic nitrogens is 1. The SMILES string of the molecule is COCCSc1ccccc1C(=O)Nc1nc2ccccc2s1. The number of nitrogens with one attached hydrogen (secondary N) is 1. The van der Waals surface area contributed by atoms with Gasteiger partial charge in [0.15, 0.2) is 5.13 Å². The summed E-state index contributed by atoms with van der Waals surface area (Å²) in [5.41, 5.74) is 1.56. The van der Waals surface area contributed by atoms with Crippen molar-refractivity contribution in [3.63, 3.8) is 0 Å². The van der Waals surface area contributed by atoms with Crippen molar-refractivity contribution in [3.8, 4) is 0 Å². The molecular weight excluding hydrogens is 328 g/mol. The van der Waals surface area contributed by atoms with Gasteiger partial charge >= 0.3 is 0 Å². The van der Waals surface area contributed by atoms with E-state index in [1.165, 1.54) is 11.3 Å². The van der Waals surface area contributed by atoms with Crippen LogP contribution in [0.4, 0.5) is 5.13 Å². The van der Waals surface area contributed by atoms with Crippen LogP contribution in [0.15, 0.2) is 53.4 Å². The van der Waals surface area contributed by atoms with Gasteiger partial charge in [-0.25, -0.2) is 4.98 Å². The van der Waals surface area contributed by atoms with Crippen LogP contribution in [0.5, 0.6) is 0 Å². The van der Waals surface area contributed by atoms with Crippen LogP contribution in [-0.4, -0.2) is 30.4 Å². The average Bonchev–Trinajstić information content (AvgIpc) is 2.97. The number of methoxy groups -OCH3 is 1. The summed E-state index contributed by atoms with van der Waals surface area (Å²) in [6.45, 7) is 0.651. The van der Waals surface area contributed by atoms with Gasteiger partial charge in [0.2, 0.25) is 0 Å². The van der Waals surface area contributed by atoms with E-state index >= 15 is 0 Å². The Labute approximate surface area is 142 Å². The Bertz CT molecular complexity index is 784. The fraction of sp³-hybridized carbons (Fsp3) is 0.176. The van der Waals surface area contributed by atoms with E-state index in [-0.39, 0.29) is 5.91 Å². The van der Waals surface area contributed by atoms with Gasteiger partial charge in [0.05, 0.1) is 22.4 Å². The van der Waals surface area contributed by atoms with E-state index in [4.69, 9.17) is 4.74 Å². The highest BCUT2D eigenvalue weighted by molar-refractivity contribution is 7.99. The number of carbonyl (C=O) groups excluding carboxylic acids is 1. The van der Waals surface area contributed by atoms with Crippen LogP contribution in [0.1, 0.15) is 10.4 Å². The number of hydrogen-bond acceptors (Lipinski definition) is 5. The van der Waals surface area contributed by atoms with Crippen LogP contribution in [-0.2, 0) is 4.74 Å². The number of rotatable bonds is 6. The molecule has 118 valence electrons. The molecule has 1 N–H and O–H groups in total. The smallest absolute Gasteiger partial charge is 0.258 e. The topological polar surface area (TPSA) is 51.2 Å². The minimum absolute atomic E-state index is 0.135. The lowest BCUT2D eigenvalue weighted by atomic mass is 10.2. The lowest BCUT2D eigenvalue weighted by Gasteiger charge is -2.08. The van der Waals surface area contributed by atoms with Gasteiger partial charge in [-0.15, -0.1) is 11.8 Å². The van der Waals surface area contributed by atoms with Crippen LogP contribution >= 0.6 is 23.1 Å². The molecule has 0 fully saturated rings. The van der Waals surface area contributed by atoms with Gasteiger partial charge in [0, 0.05) is 17.8 Å². The van der Waals surface area contributed by atoms with Gasteiger partial charge in [0.25, 0.3) is 5.91 Å². The van der Waals surface area contributed by atoms with E-state index < -0.39 is 0 Å². The van der Waals surface area contributed by atoms with E-state index in [2.05, 4.69) is 10.3 Å². The first-order valence-electron chi connectivity index (χ1n) is 7.15. The predicted octanol–water partition coefficient (Wildman–Crippen LogP) is 4.29. The third-order valence-electron chi connectivity index (χ3n) is 3.19. The third-order valence-corrected chi connectivity index (χ3v) is 5.18. The molecule has 0 saturated carbocycles. The molecule has 3 aromatic rings. The third kappa shape index (κ3) is 3.90. The summed E-state index contributed by atoms with van der Waals surface area (Å²) in [4.78, 5) is 17.9. The fourth-order valence-electron chi connectivity index (χ4n) is 2.11. The summed E-state index contributed by atoms with van der Waals surface area (Å²) in [6, 6.07) is 15.4. The fourth-order valence-corrected chi connectivity index (χ4v) is 3.93. The minimum atomic E-state index is -0.135. The second kappa shape index (κ2) is 7.59. The van der Waals surface area contributed by atoms with Crippen molar-refractivity contribution in [2.45, 2.75) is 4.90 Å². The van der Waals surface area contributed by atoms with Gasteiger partial charge in [-0.05, 0) is 24.3 Å². The Hall–Kier alpha value is -1.89. The van der Waals surface area contributed by atoms with E-state index in [0.717, 1.165) is 20.9 Å². The summed E-state index contributed by atoms with van der Waals surface area (Å²) >= 11 is 3.09. The summed E-state index contributed by atoms with van der Waals surface area (Å²) in [7, 11) is 1.67. The van der Waals surface area contributed by atoms with Gasteiger partial charge in [-0.2, -0.15) is 0 Å². The van der Waals surface area contributed by atoms with Crippen LogP contribution in [0.3, 0.4) is 0 Å². The van der Waals surface area contributed by atoms with Crippen LogP contribution in [0, 0.1) is 0 Å². The zero-order chi connectivity index (χ0) is 16.1. The van der Waals surface area contributed by atoms with Crippen molar-refractivity contribution < 1.29 is 9.53 Å². The van der Waals surface area contributed by atoms with E-state index in [1.54, 1.807) is 18.9 Å². The molecule has 0 aliphatic rings. The van der Waals surface area contributed by atoms with Crippen LogP contribution in [0.25, 0.3) is 10.2 Å². The van der Waals surface area contributed by atoms with Gasteiger partial charge in [0.1, 0.15) is 0 Å². The molecule has 0 aliphatic heterocycles. The highest BCUT2D eigenvalue weighted by Gasteiger charge is 2.13. The summed E-state index contributed by atoms with van der Waals surface area (Å²) < 4.78 is 6.12. The maximum Gasteiger partial charge on any atom is 0.258 e. The number of thioether (sulfide) groups is 1. The number of thiazole rings is 1. The van der Waals surface area contributed by atoms with E-state index in [9.17, 15) is 4.79 Å². The Kier molecular flexibility index (Phi) is 5.27. The van der Waals surface area contributed by atoms with Crippen LogP contribution in [0.2, 0.25) is 0 Å². The van der Waals surface area contributed by atoms with Gasteiger partial charge in [-0.3, -0.25) is 10.1 Å². The van der Waals surface area contributed by atoms with E-state index in [0.29, 0.717) is 17.3 Å². The highest BCUT2D eigenvalue weighted by atomic mass is 32.2. The molecular formula is C17H16N2O2S2. The lowest BCUT2D eigenvalue weighted by molar-refractivity contribution is 0.102. The molecule has 1 heterocycles. The quantitative estimate of drug-likeness (QED) is 0.535. The Morgan fingerprint density at radius 1 is 1.22 bits per heavy atom. The van der Waals surface area contributed by atoms with Gasteiger partial charge in [-0.1, -0.05) is 35.6 Å². The van der Waals surface area contributed by atoms with Crippen molar-refractivity contribution in [1.82, 2.24) is 4.98 Å². The summed E-state index contributed by atoms with van der Waals surface area (Å²) in [5.74, 6) is 0.673. The number of amides is 1. The van der Waals surface area contributed by atoms with Crippen molar-refractivity contribution in [3.05, 3.63) is 54.1 Å². The number of nitrogens with zero attached hydrogens (tertiary/aromatic N) is 1. The number of ether oxygens (including phenoxy) is 1. The first-order valence-corrected chi connectivity index (χ1v) is 8.96. The molecule has 1 aromatic heterocycles.